The van der Waals surface area contributed by atoms with E-state index < -0.39 is 15.6 Å². The van der Waals surface area contributed by atoms with Gasteiger partial charge in [0.25, 0.3) is 0 Å². The summed E-state index contributed by atoms with van der Waals surface area (Å²) in [5, 5.41) is 0. The molecule has 0 unspecified atom stereocenters. The maximum absolute atomic E-state index is 12.0. The molecular formula is C15H30N2O4S. The number of hydrogen-bond acceptors (Lipinski definition) is 4. The van der Waals surface area contributed by atoms with Crippen LogP contribution in [-0.2, 0) is 14.8 Å². The van der Waals surface area contributed by atoms with Gasteiger partial charge in [-0.15, -0.1) is 0 Å². The molecule has 1 N–H and O–H groups in total. The number of likely N-dealkylation sites (tertiary alicyclic amines) is 1. The fraction of sp³-hybridized carbons (Fsp3) is 0.933. The molecule has 1 rings (SSSR count). The average Bonchev–Trinajstić information content (AvgIpc) is 2.37. The van der Waals surface area contributed by atoms with Gasteiger partial charge >= 0.3 is 6.09 Å². The Kier molecular flexibility index (Phi) is 7.12. The maximum atomic E-state index is 12.0. The predicted molar refractivity (Wildman–Crippen MR) is 87.3 cm³/mol. The highest BCUT2D eigenvalue weighted by Gasteiger charge is 2.28. The highest BCUT2D eigenvalue weighted by Crippen LogP contribution is 2.16. The second-order valence-corrected chi connectivity index (χ2v) is 8.76. The van der Waals surface area contributed by atoms with E-state index in [1.807, 2.05) is 27.7 Å². The molecule has 0 aromatic heterocycles. The quantitative estimate of drug-likeness (QED) is 0.757. The Hall–Kier alpha value is -0.820. The van der Waals surface area contributed by atoms with Gasteiger partial charge in [-0.1, -0.05) is 19.8 Å². The Balaban J connectivity index is 2.37. The summed E-state index contributed by atoms with van der Waals surface area (Å²) in [6.07, 6.45) is 3.57. The van der Waals surface area contributed by atoms with Crippen LogP contribution in [0.4, 0.5) is 4.79 Å². The molecule has 0 spiro atoms. The van der Waals surface area contributed by atoms with E-state index in [1.165, 1.54) is 0 Å². The van der Waals surface area contributed by atoms with Crippen LogP contribution in [0, 0.1) is 0 Å². The molecule has 0 bridgehead atoms. The fourth-order valence-corrected chi connectivity index (χ4v) is 3.81. The predicted octanol–water partition coefficient (Wildman–Crippen LogP) is 2.50. The standard InChI is InChI=1S/C15H30N2O4S/c1-5-6-7-12-22(19,20)16-13-8-10-17(11-9-13)14(18)21-15(2,3)4/h13,16H,5-12H2,1-4H3. The third-order valence-corrected chi connectivity index (χ3v) is 5.03. The number of hydrogen-bond donors (Lipinski definition) is 1. The molecule has 0 aromatic rings. The molecule has 1 saturated heterocycles. The third kappa shape index (κ3) is 7.45. The summed E-state index contributed by atoms with van der Waals surface area (Å²) < 4.78 is 32.0. The summed E-state index contributed by atoms with van der Waals surface area (Å²) in [7, 11) is -3.20. The van der Waals surface area contributed by atoms with Gasteiger partial charge in [0.15, 0.2) is 0 Å². The molecule has 1 fully saturated rings. The van der Waals surface area contributed by atoms with E-state index in [2.05, 4.69) is 4.72 Å². The van der Waals surface area contributed by atoms with Crippen molar-refractivity contribution in [3.63, 3.8) is 0 Å². The van der Waals surface area contributed by atoms with Crippen molar-refractivity contribution in [3.05, 3.63) is 0 Å². The molecule has 7 heteroatoms. The van der Waals surface area contributed by atoms with Crippen molar-refractivity contribution >= 4 is 16.1 Å². The van der Waals surface area contributed by atoms with Gasteiger partial charge in [0.2, 0.25) is 10.0 Å². The van der Waals surface area contributed by atoms with Gasteiger partial charge in [0.05, 0.1) is 5.75 Å². The van der Waals surface area contributed by atoms with E-state index in [0.29, 0.717) is 32.4 Å². The Morgan fingerprint density at radius 3 is 2.32 bits per heavy atom. The Bertz CT molecular complexity index is 449. The summed E-state index contributed by atoms with van der Waals surface area (Å²) >= 11 is 0. The van der Waals surface area contributed by atoms with E-state index >= 15 is 0 Å². The first-order valence-electron chi connectivity index (χ1n) is 8.11. The first-order valence-corrected chi connectivity index (χ1v) is 9.76. The van der Waals surface area contributed by atoms with Crippen LogP contribution in [0.2, 0.25) is 0 Å². The molecule has 6 nitrogen and oxygen atoms in total. The van der Waals surface area contributed by atoms with E-state index in [4.69, 9.17) is 4.74 Å². The number of carbonyl (C=O) groups is 1. The minimum Gasteiger partial charge on any atom is -0.444 e. The molecule has 0 saturated carbocycles. The lowest BCUT2D eigenvalue weighted by Crippen LogP contribution is -2.48. The monoisotopic (exact) mass is 334 g/mol. The number of unbranched alkanes of at least 4 members (excludes halogenated alkanes) is 2. The zero-order chi connectivity index (χ0) is 16.8. The summed E-state index contributed by atoms with van der Waals surface area (Å²) in [4.78, 5) is 13.6. The highest BCUT2D eigenvalue weighted by atomic mass is 32.2. The topological polar surface area (TPSA) is 75.7 Å². The molecule has 0 radical (unpaired) electrons. The van der Waals surface area contributed by atoms with Crippen molar-refractivity contribution < 1.29 is 17.9 Å². The third-order valence-electron chi connectivity index (χ3n) is 3.51. The summed E-state index contributed by atoms with van der Waals surface area (Å²) in [6.45, 7) is 8.60. The molecule has 0 aromatic carbocycles. The Morgan fingerprint density at radius 1 is 1.23 bits per heavy atom. The number of ether oxygens (including phenoxy) is 1. The van der Waals surface area contributed by atoms with Gasteiger partial charge in [0, 0.05) is 19.1 Å². The molecule has 1 aliphatic heterocycles. The summed E-state index contributed by atoms with van der Waals surface area (Å²) in [5.41, 5.74) is -0.505. The molecule has 0 aliphatic carbocycles. The van der Waals surface area contributed by atoms with Crippen LogP contribution in [0.5, 0.6) is 0 Å². The molecule has 22 heavy (non-hydrogen) atoms. The van der Waals surface area contributed by atoms with Crippen LogP contribution in [0.1, 0.15) is 59.8 Å². The number of carbonyl (C=O) groups excluding carboxylic acids is 1. The number of rotatable bonds is 6. The zero-order valence-corrected chi connectivity index (χ0v) is 15.0. The lowest BCUT2D eigenvalue weighted by Gasteiger charge is -2.33. The van der Waals surface area contributed by atoms with E-state index in [1.54, 1.807) is 4.90 Å². The minimum absolute atomic E-state index is 0.0784. The van der Waals surface area contributed by atoms with Crippen molar-refractivity contribution in [1.82, 2.24) is 9.62 Å². The van der Waals surface area contributed by atoms with Gasteiger partial charge in [-0.3, -0.25) is 0 Å². The largest absolute Gasteiger partial charge is 0.444 e. The van der Waals surface area contributed by atoms with Crippen molar-refractivity contribution in [3.8, 4) is 0 Å². The van der Waals surface area contributed by atoms with Gasteiger partial charge in [-0.25, -0.2) is 17.9 Å². The van der Waals surface area contributed by atoms with Crippen LogP contribution in [0.25, 0.3) is 0 Å². The van der Waals surface area contributed by atoms with Gasteiger partial charge in [-0.05, 0) is 40.0 Å². The summed E-state index contributed by atoms with van der Waals surface area (Å²) in [6, 6.07) is -0.0784. The first kappa shape index (κ1) is 19.2. The molecule has 1 amide bonds. The van der Waals surface area contributed by atoms with Gasteiger partial charge in [0.1, 0.15) is 5.60 Å². The van der Waals surface area contributed by atoms with E-state index in [0.717, 1.165) is 12.8 Å². The smallest absolute Gasteiger partial charge is 0.410 e. The maximum Gasteiger partial charge on any atom is 0.410 e. The Labute approximate surface area is 134 Å². The van der Waals surface area contributed by atoms with Crippen molar-refractivity contribution in [1.29, 1.82) is 0 Å². The Morgan fingerprint density at radius 2 is 1.82 bits per heavy atom. The number of nitrogens with one attached hydrogen (secondary N) is 1. The highest BCUT2D eigenvalue weighted by molar-refractivity contribution is 7.89. The van der Waals surface area contributed by atoms with Gasteiger partial charge in [-0.2, -0.15) is 0 Å². The van der Waals surface area contributed by atoms with Crippen molar-refractivity contribution in [2.45, 2.75) is 71.4 Å². The molecule has 130 valence electrons. The molecule has 1 heterocycles. The SMILES string of the molecule is CCCCCS(=O)(=O)NC1CCN(C(=O)OC(C)(C)C)CC1. The normalized spacial score (nSPS) is 17.5. The van der Waals surface area contributed by atoms with E-state index in [-0.39, 0.29) is 17.9 Å². The zero-order valence-electron chi connectivity index (χ0n) is 14.2. The van der Waals surface area contributed by atoms with Crippen LogP contribution in [0.15, 0.2) is 0 Å². The minimum atomic E-state index is -3.20. The first-order chi connectivity index (χ1) is 10.1. The lowest BCUT2D eigenvalue weighted by molar-refractivity contribution is 0.0204. The molecule has 0 atom stereocenters. The molecule has 1 aliphatic rings. The number of piperidine rings is 1. The van der Waals surface area contributed by atoms with Crippen LogP contribution in [-0.4, -0.2) is 49.9 Å². The van der Waals surface area contributed by atoms with Crippen LogP contribution >= 0.6 is 0 Å². The number of sulfonamides is 1. The van der Waals surface area contributed by atoms with Crippen LogP contribution < -0.4 is 4.72 Å². The van der Waals surface area contributed by atoms with Crippen LogP contribution in [0.3, 0.4) is 0 Å². The summed E-state index contributed by atoms with van der Waals surface area (Å²) in [5.74, 6) is 0.188. The second kappa shape index (κ2) is 8.15. The van der Waals surface area contributed by atoms with Gasteiger partial charge < -0.3 is 9.64 Å². The second-order valence-electron chi connectivity index (χ2n) is 6.89. The average molecular weight is 334 g/mol. The molecular weight excluding hydrogens is 304 g/mol. The van der Waals surface area contributed by atoms with Crippen molar-refractivity contribution in [2.75, 3.05) is 18.8 Å². The fourth-order valence-electron chi connectivity index (χ4n) is 2.36. The number of nitrogens with zero attached hydrogens (tertiary/aromatic N) is 1. The lowest BCUT2D eigenvalue weighted by atomic mass is 10.1. The van der Waals surface area contributed by atoms with E-state index in [9.17, 15) is 13.2 Å². The van der Waals surface area contributed by atoms with Crippen molar-refractivity contribution in [2.24, 2.45) is 0 Å². The number of amides is 1.